The van der Waals surface area contributed by atoms with Crippen molar-refractivity contribution in [3.63, 3.8) is 0 Å². The molecule has 1 atom stereocenters. The summed E-state index contributed by atoms with van der Waals surface area (Å²) >= 11 is 0. The molecule has 1 aliphatic carbocycles. The summed E-state index contributed by atoms with van der Waals surface area (Å²) in [6, 6.07) is 21.5. The van der Waals surface area contributed by atoms with Gasteiger partial charge in [-0.15, -0.1) is 0 Å². The lowest BCUT2D eigenvalue weighted by Crippen LogP contribution is -3.08. The number of carbonyl (C=O) groups is 1. The highest BCUT2D eigenvalue weighted by atomic mass is 35.5. The molecule has 1 N–H and O–H groups in total. The van der Waals surface area contributed by atoms with Gasteiger partial charge in [0.2, 0.25) is 5.84 Å². The Morgan fingerprint density at radius 2 is 1.70 bits per heavy atom. The van der Waals surface area contributed by atoms with E-state index in [0.29, 0.717) is 25.0 Å². The maximum absolute atomic E-state index is 12.5. The number of allylic oxidation sites excluding steroid dienone is 2. The zero-order valence-electron chi connectivity index (χ0n) is 24.8. The van der Waals surface area contributed by atoms with Crippen LogP contribution in [0.2, 0.25) is 0 Å². The Kier molecular flexibility index (Phi) is 7.94. The first-order chi connectivity index (χ1) is 20.3. The van der Waals surface area contributed by atoms with Gasteiger partial charge >= 0.3 is 6.09 Å². The third-order valence-electron chi connectivity index (χ3n) is 8.60. The smallest absolute Gasteiger partial charge is 0.410 e. The van der Waals surface area contributed by atoms with Crippen molar-refractivity contribution in [2.45, 2.75) is 45.3 Å². The van der Waals surface area contributed by atoms with Gasteiger partial charge in [-0.1, -0.05) is 42.5 Å². The largest absolute Gasteiger partial charge is 1.00 e. The van der Waals surface area contributed by atoms with Crippen LogP contribution in [0.4, 0.5) is 4.79 Å². The number of amidine groups is 1. The number of nitrogens with one attached hydrogen (secondary N) is 1. The molecule has 0 bridgehead atoms. The number of benzene rings is 2. The molecule has 0 radical (unpaired) electrons. The molecule has 43 heavy (non-hydrogen) atoms. The minimum absolute atomic E-state index is 0. The number of pyridine rings is 1. The molecule has 2 aromatic carbocycles. The van der Waals surface area contributed by atoms with E-state index in [4.69, 9.17) is 14.7 Å². The van der Waals surface area contributed by atoms with Gasteiger partial charge in [-0.25, -0.2) is 14.7 Å². The quantitative estimate of drug-likeness (QED) is 0.497. The van der Waals surface area contributed by atoms with Crippen molar-refractivity contribution in [2.24, 2.45) is 15.9 Å². The summed E-state index contributed by atoms with van der Waals surface area (Å²) in [5, 5.41) is 1.12. The van der Waals surface area contributed by atoms with Crippen molar-refractivity contribution in [3.8, 4) is 11.3 Å². The highest BCUT2D eigenvalue weighted by Crippen LogP contribution is 2.40. The first-order valence-corrected chi connectivity index (χ1v) is 14.9. The van der Waals surface area contributed by atoms with Crippen molar-refractivity contribution < 1.29 is 26.8 Å². The number of hydrogen-bond acceptors (Lipinski definition) is 6. The van der Waals surface area contributed by atoms with Crippen LogP contribution in [0.25, 0.3) is 22.2 Å². The van der Waals surface area contributed by atoms with Gasteiger partial charge in [0.15, 0.2) is 5.70 Å². The predicted molar refractivity (Wildman–Crippen MR) is 165 cm³/mol. The molecule has 1 unspecified atom stereocenters. The van der Waals surface area contributed by atoms with E-state index < -0.39 is 5.60 Å². The number of ether oxygens (including phenoxy) is 1. The standard InChI is InChI=1S/C34H36N6O2.ClH/c1-34(2,3)42-33(41)39-17-15-38(16-18-39)27-19-26(20-27)31-30-22-35-13-14-40(30)32(37-31)25-10-9-24-11-12-28(36-29(24)21-25)23-7-5-4-6-8-23;/h4-14,21-22,26-27H,15-20H2,1-3H3;1H. The Hall–Kier alpha value is -3.85. The van der Waals surface area contributed by atoms with Crippen molar-refractivity contribution in [2.75, 3.05) is 26.2 Å². The molecule has 8 nitrogen and oxygen atoms in total. The van der Waals surface area contributed by atoms with E-state index in [1.54, 1.807) is 0 Å². The summed E-state index contributed by atoms with van der Waals surface area (Å²) in [6.07, 6.45) is 7.87. The molecule has 9 heteroatoms. The van der Waals surface area contributed by atoms with Gasteiger partial charge in [0.25, 0.3) is 0 Å². The van der Waals surface area contributed by atoms with Crippen LogP contribution >= 0.6 is 0 Å². The number of amides is 1. The van der Waals surface area contributed by atoms with Gasteiger partial charge in [-0.2, -0.15) is 4.99 Å². The van der Waals surface area contributed by atoms with Gasteiger partial charge < -0.3 is 22.0 Å². The van der Waals surface area contributed by atoms with E-state index in [9.17, 15) is 4.79 Å². The molecule has 1 saturated carbocycles. The van der Waals surface area contributed by atoms with E-state index in [0.717, 1.165) is 75.8 Å². The normalized spacial score (nSPS) is 23.5. The number of fused-ring (bicyclic) bond motifs is 2. The average Bonchev–Trinajstić information content (AvgIpc) is 3.35. The summed E-state index contributed by atoms with van der Waals surface area (Å²) < 4.78 is 5.57. The second-order valence-corrected chi connectivity index (χ2v) is 12.6. The molecule has 1 aromatic heterocycles. The third-order valence-corrected chi connectivity index (χ3v) is 8.60. The molecule has 7 rings (SSSR count). The number of carbonyl (C=O) groups excluding carboxylic acids is 1. The van der Waals surface area contributed by atoms with Gasteiger partial charge in [-0.3, -0.25) is 9.89 Å². The topological polar surface area (TPSA) is 74.8 Å². The summed E-state index contributed by atoms with van der Waals surface area (Å²) in [5.74, 6) is 1.41. The molecule has 222 valence electrons. The Labute approximate surface area is 258 Å². The highest BCUT2D eigenvalue weighted by molar-refractivity contribution is 6.01. The number of piperazine rings is 1. The summed E-state index contributed by atoms with van der Waals surface area (Å²) in [6.45, 7) is 8.93. The Morgan fingerprint density at radius 1 is 0.953 bits per heavy atom. The zero-order chi connectivity index (χ0) is 28.8. The Balaban J connectivity index is 0.00000329. The maximum atomic E-state index is 12.5. The number of rotatable bonds is 4. The number of halogens is 1. The van der Waals surface area contributed by atoms with Crippen molar-refractivity contribution >= 4 is 29.0 Å². The molecule has 4 aliphatic rings. The zero-order valence-corrected chi connectivity index (χ0v) is 25.6. The molecular formula is C34H37ClN6O2. The second kappa shape index (κ2) is 11.7. The first-order valence-electron chi connectivity index (χ1n) is 14.9. The summed E-state index contributed by atoms with van der Waals surface area (Å²) in [5.41, 5.74) is 5.97. The van der Waals surface area contributed by atoms with Crippen LogP contribution in [-0.2, 0) is 4.74 Å². The van der Waals surface area contributed by atoms with Crippen LogP contribution in [-0.4, -0.2) is 70.7 Å². The highest BCUT2D eigenvalue weighted by Gasteiger charge is 2.44. The summed E-state index contributed by atoms with van der Waals surface area (Å²) in [4.78, 5) is 32.7. The number of quaternary nitrogens is 1. The van der Waals surface area contributed by atoms with Crippen LogP contribution in [0.15, 0.2) is 94.4 Å². The van der Waals surface area contributed by atoms with Crippen LogP contribution in [0.3, 0.4) is 0 Å². The van der Waals surface area contributed by atoms with Crippen molar-refractivity contribution in [1.29, 1.82) is 0 Å². The fourth-order valence-electron chi connectivity index (χ4n) is 6.32. The predicted octanol–water partition coefficient (Wildman–Crippen LogP) is 1.65. The molecular weight excluding hydrogens is 560 g/mol. The fourth-order valence-corrected chi connectivity index (χ4v) is 6.32. The molecule has 0 spiro atoms. The minimum atomic E-state index is -0.465. The van der Waals surface area contributed by atoms with Crippen molar-refractivity contribution in [3.05, 3.63) is 90.0 Å². The Morgan fingerprint density at radius 3 is 2.44 bits per heavy atom. The molecule has 1 amide bonds. The molecule has 4 heterocycles. The number of aromatic nitrogens is 1. The first kappa shape index (κ1) is 29.2. The Bertz CT molecular complexity index is 1640. The van der Waals surface area contributed by atoms with Gasteiger partial charge in [0.1, 0.15) is 17.5 Å². The molecule has 3 aromatic rings. The van der Waals surface area contributed by atoms with E-state index in [1.807, 2.05) is 56.3 Å². The SMILES string of the molecule is CC(C)(C)OC(=O)N1CCN(C2CC(C3=C4C=NC=C[NH+]4C(c4ccc5ccc(-c6ccccc6)nc5c4)=N3)C2)CC1.[Cl-]. The number of aliphatic imine (C=N–C) groups is 2. The van der Waals surface area contributed by atoms with Crippen LogP contribution in [0.1, 0.15) is 39.2 Å². The number of nitrogens with zero attached hydrogens (tertiary/aromatic N) is 5. The van der Waals surface area contributed by atoms with Gasteiger partial charge in [0.05, 0.1) is 29.2 Å². The third kappa shape index (κ3) is 5.87. The lowest BCUT2D eigenvalue weighted by atomic mass is 9.76. The van der Waals surface area contributed by atoms with Crippen LogP contribution in [0, 0.1) is 5.92 Å². The summed E-state index contributed by atoms with van der Waals surface area (Å²) in [7, 11) is 0. The molecule has 2 fully saturated rings. The van der Waals surface area contributed by atoms with Crippen LogP contribution in [0.5, 0.6) is 0 Å². The van der Waals surface area contributed by atoms with Gasteiger partial charge in [-0.05, 0) is 51.8 Å². The lowest BCUT2D eigenvalue weighted by Gasteiger charge is -2.46. The van der Waals surface area contributed by atoms with E-state index >= 15 is 0 Å². The maximum Gasteiger partial charge on any atom is 0.410 e. The molecule has 1 saturated heterocycles. The average molecular weight is 597 g/mol. The van der Waals surface area contributed by atoms with Crippen molar-refractivity contribution in [1.82, 2.24) is 14.8 Å². The van der Waals surface area contributed by atoms with Gasteiger partial charge in [0, 0.05) is 49.1 Å². The van der Waals surface area contributed by atoms with E-state index in [2.05, 4.69) is 58.6 Å². The van der Waals surface area contributed by atoms with E-state index in [1.165, 1.54) is 0 Å². The van der Waals surface area contributed by atoms with E-state index in [-0.39, 0.29) is 18.5 Å². The number of hydrogen-bond donors (Lipinski definition) is 1. The minimum Gasteiger partial charge on any atom is -1.00 e. The lowest BCUT2D eigenvalue weighted by molar-refractivity contribution is -0.689. The van der Waals surface area contributed by atoms with Crippen LogP contribution < -0.4 is 17.3 Å². The second-order valence-electron chi connectivity index (χ2n) is 12.6. The fraction of sp³-hybridized carbons (Fsp3) is 0.353. The molecule has 3 aliphatic heterocycles. The monoisotopic (exact) mass is 596 g/mol.